The minimum Gasteiger partial charge on any atom is -0.485 e. The second-order valence-corrected chi connectivity index (χ2v) is 7.22. The van der Waals surface area contributed by atoms with Crippen molar-refractivity contribution in [2.45, 2.75) is 24.4 Å². The van der Waals surface area contributed by atoms with E-state index in [1.54, 1.807) is 18.0 Å². The Balaban J connectivity index is 1.59. The summed E-state index contributed by atoms with van der Waals surface area (Å²) >= 11 is 1.63. The van der Waals surface area contributed by atoms with Crippen LogP contribution in [0.4, 0.5) is 0 Å². The summed E-state index contributed by atoms with van der Waals surface area (Å²) in [7, 11) is 0. The van der Waals surface area contributed by atoms with Gasteiger partial charge in [0.05, 0.1) is 0 Å². The number of aromatic nitrogens is 4. The first-order chi connectivity index (χ1) is 13.8. The van der Waals surface area contributed by atoms with Crippen molar-refractivity contribution in [3.63, 3.8) is 0 Å². The van der Waals surface area contributed by atoms with Gasteiger partial charge in [0, 0.05) is 23.8 Å². The molecule has 0 saturated carbocycles. The van der Waals surface area contributed by atoms with Crippen molar-refractivity contribution in [2.24, 2.45) is 0 Å². The molecule has 5 nitrogen and oxygen atoms in total. The van der Waals surface area contributed by atoms with Crippen molar-refractivity contribution in [2.75, 3.05) is 0 Å². The molecular formula is C22H20N4OS. The molecule has 4 aromatic rings. The lowest BCUT2D eigenvalue weighted by molar-refractivity contribution is 0.291. The Labute approximate surface area is 168 Å². The molecule has 0 saturated heterocycles. The third-order valence-electron chi connectivity index (χ3n) is 4.26. The molecule has 0 atom stereocenters. The molecule has 0 bridgehead atoms. The van der Waals surface area contributed by atoms with Gasteiger partial charge in [-0.2, -0.15) is 0 Å². The van der Waals surface area contributed by atoms with Gasteiger partial charge in [0.1, 0.15) is 12.4 Å². The number of pyridine rings is 1. The number of aryl methyl sites for hydroxylation is 1. The minimum absolute atomic E-state index is 0.347. The average molecular weight is 388 g/mol. The maximum Gasteiger partial charge on any atom is 0.196 e. The summed E-state index contributed by atoms with van der Waals surface area (Å²) in [6.07, 6.45) is 3.65. The van der Waals surface area contributed by atoms with Gasteiger partial charge in [-0.05, 0) is 42.3 Å². The zero-order valence-electron chi connectivity index (χ0n) is 15.5. The molecule has 0 aliphatic rings. The van der Waals surface area contributed by atoms with E-state index in [0.29, 0.717) is 6.61 Å². The monoisotopic (exact) mass is 388 g/mol. The molecule has 0 aliphatic heterocycles. The smallest absolute Gasteiger partial charge is 0.196 e. The summed E-state index contributed by atoms with van der Waals surface area (Å²) in [6, 6.07) is 22.1. The first-order valence-electron chi connectivity index (χ1n) is 9.01. The lowest BCUT2D eigenvalue weighted by Crippen LogP contribution is -2.07. The molecule has 2 aromatic heterocycles. The van der Waals surface area contributed by atoms with Gasteiger partial charge in [-0.1, -0.05) is 54.2 Å². The molecule has 0 unspecified atom stereocenters. The normalized spacial score (nSPS) is 10.8. The van der Waals surface area contributed by atoms with Gasteiger partial charge in [-0.3, -0.25) is 9.55 Å². The summed E-state index contributed by atoms with van der Waals surface area (Å²) in [6.45, 7) is 2.38. The number of hydrogen-bond donors (Lipinski definition) is 0. The van der Waals surface area contributed by atoms with Gasteiger partial charge in [-0.25, -0.2) is 0 Å². The zero-order valence-corrected chi connectivity index (χ0v) is 16.3. The summed E-state index contributed by atoms with van der Waals surface area (Å²) < 4.78 is 8.07. The molecule has 0 fully saturated rings. The molecular weight excluding hydrogens is 368 g/mol. The standard InChI is InChI=1S/C22H20N4OS/c1-17-8-5-6-12-20(17)27-15-21-24-25-22(26(21)19-10-3-2-4-11-19)28-16-18-9-7-13-23-14-18/h2-14H,15-16H2,1H3. The van der Waals surface area contributed by atoms with Crippen LogP contribution in [0.5, 0.6) is 5.75 Å². The summed E-state index contributed by atoms with van der Waals surface area (Å²) in [5, 5.41) is 9.65. The second-order valence-electron chi connectivity index (χ2n) is 6.27. The Morgan fingerprint density at radius 1 is 0.929 bits per heavy atom. The molecule has 0 aliphatic carbocycles. The average Bonchev–Trinajstić information content (AvgIpc) is 3.16. The number of thioether (sulfide) groups is 1. The molecule has 2 aromatic carbocycles. The number of ether oxygens (including phenoxy) is 1. The Bertz CT molecular complexity index is 1030. The van der Waals surface area contributed by atoms with Crippen molar-refractivity contribution in [1.29, 1.82) is 0 Å². The van der Waals surface area contributed by atoms with Crippen LogP contribution in [0.25, 0.3) is 5.69 Å². The highest BCUT2D eigenvalue weighted by Gasteiger charge is 2.15. The molecule has 0 radical (unpaired) electrons. The fourth-order valence-electron chi connectivity index (χ4n) is 2.82. The van der Waals surface area contributed by atoms with Gasteiger partial charge < -0.3 is 4.74 Å². The minimum atomic E-state index is 0.347. The predicted molar refractivity (Wildman–Crippen MR) is 111 cm³/mol. The van der Waals surface area contributed by atoms with E-state index in [1.807, 2.05) is 61.7 Å². The van der Waals surface area contributed by atoms with E-state index in [2.05, 4.69) is 37.9 Å². The molecule has 0 spiro atoms. The van der Waals surface area contributed by atoms with E-state index in [0.717, 1.165) is 39.3 Å². The molecule has 0 N–H and O–H groups in total. The van der Waals surface area contributed by atoms with Crippen LogP contribution >= 0.6 is 11.8 Å². The lowest BCUT2D eigenvalue weighted by atomic mass is 10.2. The molecule has 4 rings (SSSR count). The topological polar surface area (TPSA) is 52.8 Å². The first kappa shape index (κ1) is 18.3. The Hall–Kier alpha value is -3.12. The Morgan fingerprint density at radius 3 is 2.54 bits per heavy atom. The first-order valence-corrected chi connectivity index (χ1v) is 9.99. The summed E-state index contributed by atoms with van der Waals surface area (Å²) in [5.41, 5.74) is 3.26. The fourth-order valence-corrected chi connectivity index (χ4v) is 3.72. The fraction of sp³-hybridized carbons (Fsp3) is 0.136. The quantitative estimate of drug-likeness (QED) is 0.424. The van der Waals surface area contributed by atoms with Crippen molar-refractivity contribution in [1.82, 2.24) is 19.7 Å². The molecule has 6 heteroatoms. The molecule has 0 amide bonds. The van der Waals surface area contributed by atoms with E-state index in [4.69, 9.17) is 4.74 Å². The van der Waals surface area contributed by atoms with Crippen LogP contribution in [0.3, 0.4) is 0 Å². The SMILES string of the molecule is Cc1ccccc1OCc1nnc(SCc2cccnc2)n1-c1ccccc1. The highest BCUT2D eigenvalue weighted by molar-refractivity contribution is 7.98. The highest BCUT2D eigenvalue weighted by atomic mass is 32.2. The van der Waals surface area contributed by atoms with Crippen LogP contribution in [-0.4, -0.2) is 19.7 Å². The molecule has 140 valence electrons. The third kappa shape index (κ3) is 4.23. The predicted octanol–water partition coefficient (Wildman–Crippen LogP) is 4.84. The van der Waals surface area contributed by atoms with Crippen molar-refractivity contribution in [3.8, 4) is 11.4 Å². The summed E-state index contributed by atoms with van der Waals surface area (Å²) in [4.78, 5) is 4.18. The van der Waals surface area contributed by atoms with E-state index in [-0.39, 0.29) is 0 Å². The van der Waals surface area contributed by atoms with Crippen LogP contribution < -0.4 is 4.74 Å². The number of para-hydroxylation sites is 2. The van der Waals surface area contributed by atoms with Gasteiger partial charge in [0.15, 0.2) is 11.0 Å². The Kier molecular flexibility index (Phi) is 5.68. The number of benzene rings is 2. The maximum absolute atomic E-state index is 6.02. The van der Waals surface area contributed by atoms with Crippen LogP contribution in [0.2, 0.25) is 0 Å². The second kappa shape index (κ2) is 8.71. The maximum atomic E-state index is 6.02. The lowest BCUT2D eigenvalue weighted by Gasteiger charge is -2.12. The van der Waals surface area contributed by atoms with Crippen LogP contribution in [-0.2, 0) is 12.4 Å². The van der Waals surface area contributed by atoms with Crippen LogP contribution in [0, 0.1) is 6.92 Å². The van der Waals surface area contributed by atoms with Crippen molar-refractivity contribution < 1.29 is 4.74 Å². The zero-order chi connectivity index (χ0) is 19.2. The van der Waals surface area contributed by atoms with E-state index < -0.39 is 0 Å². The van der Waals surface area contributed by atoms with Gasteiger partial charge in [0.2, 0.25) is 0 Å². The molecule has 28 heavy (non-hydrogen) atoms. The molecule has 2 heterocycles. The van der Waals surface area contributed by atoms with Gasteiger partial charge >= 0.3 is 0 Å². The number of nitrogens with zero attached hydrogens (tertiary/aromatic N) is 4. The number of rotatable bonds is 7. The van der Waals surface area contributed by atoms with Crippen LogP contribution in [0.15, 0.2) is 84.3 Å². The highest BCUT2D eigenvalue weighted by Crippen LogP contribution is 2.26. The van der Waals surface area contributed by atoms with Crippen molar-refractivity contribution in [3.05, 3.63) is 96.1 Å². The summed E-state index contributed by atoms with van der Waals surface area (Å²) in [5.74, 6) is 2.40. The number of hydrogen-bond acceptors (Lipinski definition) is 5. The largest absolute Gasteiger partial charge is 0.485 e. The van der Waals surface area contributed by atoms with Gasteiger partial charge in [-0.15, -0.1) is 10.2 Å². The van der Waals surface area contributed by atoms with Crippen molar-refractivity contribution >= 4 is 11.8 Å². The Morgan fingerprint density at radius 2 is 1.75 bits per heavy atom. The van der Waals surface area contributed by atoms with Gasteiger partial charge in [0.25, 0.3) is 0 Å². The van der Waals surface area contributed by atoms with E-state index in [1.165, 1.54) is 0 Å². The van der Waals surface area contributed by atoms with E-state index >= 15 is 0 Å². The van der Waals surface area contributed by atoms with E-state index in [9.17, 15) is 0 Å². The van der Waals surface area contributed by atoms with Crippen LogP contribution in [0.1, 0.15) is 17.0 Å². The third-order valence-corrected chi connectivity index (χ3v) is 5.26.